The van der Waals surface area contributed by atoms with Gasteiger partial charge in [-0.2, -0.15) is 5.26 Å². The smallest absolute Gasteiger partial charge is 0.254 e. The third kappa shape index (κ3) is 5.64. The number of amides is 2. The summed E-state index contributed by atoms with van der Waals surface area (Å²) in [5, 5.41) is 15.1. The molecule has 2 aromatic heterocycles. The molecule has 226 valence electrons. The molecule has 0 radical (unpaired) electrons. The first-order chi connectivity index (χ1) is 21.4. The van der Waals surface area contributed by atoms with Crippen LogP contribution in [0, 0.1) is 30.0 Å². The SMILES string of the molecule is Cc1cc(Nc2nccn3c(-c4ccc(OCC#N)c(F)c4Cl)cnc23)ccc1C(=O)N1CCN(C(=O)[C@H]2CCNC2)CC1. The van der Waals surface area contributed by atoms with Gasteiger partial charge in [0.25, 0.3) is 5.91 Å². The average Bonchev–Trinajstić information content (AvgIpc) is 3.73. The molecule has 44 heavy (non-hydrogen) atoms. The highest BCUT2D eigenvalue weighted by molar-refractivity contribution is 6.33. The molecule has 2 aromatic carbocycles. The first-order valence-corrected chi connectivity index (χ1v) is 14.7. The monoisotopic (exact) mass is 616 g/mol. The molecule has 6 rings (SSSR count). The molecule has 0 bridgehead atoms. The number of piperazine rings is 1. The van der Waals surface area contributed by atoms with Gasteiger partial charge < -0.3 is 25.2 Å². The Bertz CT molecular complexity index is 1770. The highest BCUT2D eigenvalue weighted by atomic mass is 35.5. The zero-order valence-corrected chi connectivity index (χ0v) is 24.8. The summed E-state index contributed by atoms with van der Waals surface area (Å²) in [5.74, 6) is -0.252. The first kappa shape index (κ1) is 29.3. The Morgan fingerprint density at radius 3 is 2.70 bits per heavy atom. The van der Waals surface area contributed by atoms with Crippen molar-refractivity contribution in [2.45, 2.75) is 13.3 Å². The molecule has 2 fully saturated rings. The number of nitrogens with one attached hydrogen (secondary N) is 2. The normalized spacial score (nSPS) is 16.6. The maximum atomic E-state index is 14.8. The number of imidazole rings is 1. The van der Waals surface area contributed by atoms with Gasteiger partial charge in [-0.25, -0.2) is 14.4 Å². The molecule has 0 aliphatic carbocycles. The van der Waals surface area contributed by atoms with Crippen molar-refractivity contribution in [3.63, 3.8) is 0 Å². The lowest BCUT2D eigenvalue weighted by atomic mass is 10.0. The third-order valence-corrected chi connectivity index (χ3v) is 8.42. The van der Waals surface area contributed by atoms with Crippen molar-refractivity contribution in [1.29, 1.82) is 5.26 Å². The molecular formula is C31H30ClFN8O3. The molecule has 2 amide bonds. The van der Waals surface area contributed by atoms with Crippen molar-refractivity contribution < 1.29 is 18.7 Å². The molecule has 4 heterocycles. The van der Waals surface area contributed by atoms with E-state index in [0.717, 1.165) is 25.1 Å². The van der Waals surface area contributed by atoms with Crippen LogP contribution in [0.5, 0.6) is 5.75 Å². The predicted molar refractivity (Wildman–Crippen MR) is 162 cm³/mol. The summed E-state index contributed by atoms with van der Waals surface area (Å²) in [7, 11) is 0. The Labute approximate surface area is 258 Å². The zero-order valence-electron chi connectivity index (χ0n) is 24.0. The van der Waals surface area contributed by atoms with E-state index < -0.39 is 5.82 Å². The average molecular weight is 617 g/mol. The predicted octanol–water partition coefficient (Wildman–Crippen LogP) is 4.04. The number of carbonyl (C=O) groups is 2. The molecule has 11 nitrogen and oxygen atoms in total. The van der Waals surface area contributed by atoms with Crippen molar-refractivity contribution in [1.82, 2.24) is 29.5 Å². The van der Waals surface area contributed by atoms with E-state index in [2.05, 4.69) is 20.6 Å². The standard InChI is InChI=1S/C31H30ClFN8O3/c1-19-16-21(2-3-22(19)31(43)40-13-11-39(12-14-40)30(42)20-6-8-35-17-20)38-28-29-37-18-24(41(29)10-9-36-28)23-4-5-25(44-15-7-34)27(33)26(23)32/h2-5,9-10,16,18,20,35H,6,8,11-15,17H2,1H3,(H,36,38)/t20-/m0/s1. The van der Waals surface area contributed by atoms with Crippen LogP contribution in [0.2, 0.25) is 5.02 Å². The molecule has 13 heteroatoms. The Morgan fingerprint density at radius 2 is 1.98 bits per heavy atom. The number of benzene rings is 2. The number of carbonyl (C=O) groups excluding carboxylic acids is 2. The van der Waals surface area contributed by atoms with Crippen LogP contribution in [0.4, 0.5) is 15.9 Å². The van der Waals surface area contributed by atoms with Crippen LogP contribution in [0.3, 0.4) is 0 Å². The van der Waals surface area contributed by atoms with Gasteiger partial charge in [-0.05, 0) is 55.8 Å². The molecule has 2 aliphatic rings. The van der Waals surface area contributed by atoms with Crippen LogP contribution in [-0.2, 0) is 4.79 Å². The first-order valence-electron chi connectivity index (χ1n) is 14.3. The van der Waals surface area contributed by atoms with Crippen LogP contribution in [0.1, 0.15) is 22.3 Å². The van der Waals surface area contributed by atoms with E-state index in [4.69, 9.17) is 21.6 Å². The maximum Gasteiger partial charge on any atom is 0.254 e. The van der Waals surface area contributed by atoms with E-state index in [1.54, 1.807) is 46.1 Å². The maximum absolute atomic E-state index is 14.8. The lowest BCUT2D eigenvalue weighted by Crippen LogP contribution is -2.52. The number of aryl methyl sites for hydroxylation is 1. The Morgan fingerprint density at radius 1 is 1.18 bits per heavy atom. The Balaban J connectivity index is 1.16. The van der Waals surface area contributed by atoms with E-state index in [-0.39, 0.29) is 35.1 Å². The van der Waals surface area contributed by atoms with E-state index in [9.17, 15) is 14.0 Å². The van der Waals surface area contributed by atoms with E-state index in [0.29, 0.717) is 60.2 Å². The van der Waals surface area contributed by atoms with Crippen LogP contribution >= 0.6 is 11.6 Å². The number of fused-ring (bicyclic) bond motifs is 1. The number of nitriles is 1. The van der Waals surface area contributed by atoms with Crippen LogP contribution in [0.25, 0.3) is 16.9 Å². The van der Waals surface area contributed by atoms with Crippen LogP contribution in [-0.4, -0.2) is 81.9 Å². The lowest BCUT2D eigenvalue weighted by Gasteiger charge is -2.36. The summed E-state index contributed by atoms with van der Waals surface area (Å²) in [6, 6.07) is 10.3. The number of hydrogen-bond donors (Lipinski definition) is 2. The van der Waals surface area contributed by atoms with Gasteiger partial charge in [0.1, 0.15) is 6.07 Å². The highest BCUT2D eigenvalue weighted by Crippen LogP contribution is 2.36. The summed E-state index contributed by atoms with van der Waals surface area (Å²) in [4.78, 5) is 38.7. The van der Waals surface area contributed by atoms with Gasteiger partial charge in [-0.3, -0.25) is 14.0 Å². The summed E-state index contributed by atoms with van der Waals surface area (Å²) in [6.45, 7) is 5.27. The number of aromatic nitrogens is 3. The fraction of sp³-hybridized carbons (Fsp3) is 0.323. The van der Waals surface area contributed by atoms with Crippen molar-refractivity contribution in [2.24, 2.45) is 5.92 Å². The van der Waals surface area contributed by atoms with E-state index in [1.165, 1.54) is 6.07 Å². The van der Waals surface area contributed by atoms with E-state index >= 15 is 0 Å². The second kappa shape index (κ2) is 12.5. The number of rotatable bonds is 7. The van der Waals surface area contributed by atoms with Crippen molar-refractivity contribution in [3.05, 3.63) is 70.9 Å². The van der Waals surface area contributed by atoms with Crippen molar-refractivity contribution in [2.75, 3.05) is 51.2 Å². The van der Waals surface area contributed by atoms with Gasteiger partial charge in [-0.15, -0.1) is 0 Å². The minimum Gasteiger partial charge on any atom is -0.476 e. The molecule has 0 saturated carbocycles. The summed E-state index contributed by atoms with van der Waals surface area (Å²) < 4.78 is 21.7. The van der Waals surface area contributed by atoms with Crippen molar-refractivity contribution in [3.8, 4) is 23.1 Å². The second-order valence-electron chi connectivity index (χ2n) is 10.8. The van der Waals surface area contributed by atoms with Crippen LogP contribution in [0.15, 0.2) is 48.9 Å². The Hall–Kier alpha value is -4.73. The molecule has 4 aromatic rings. The number of nitrogens with zero attached hydrogens (tertiary/aromatic N) is 6. The molecule has 0 unspecified atom stereocenters. The highest BCUT2D eigenvalue weighted by Gasteiger charge is 2.31. The molecule has 2 aliphatic heterocycles. The molecule has 2 saturated heterocycles. The third-order valence-electron chi connectivity index (χ3n) is 8.05. The van der Waals surface area contributed by atoms with Crippen molar-refractivity contribution >= 4 is 40.6 Å². The van der Waals surface area contributed by atoms with Gasteiger partial charge >= 0.3 is 0 Å². The topological polar surface area (TPSA) is 128 Å². The molecule has 0 spiro atoms. The molecule has 1 atom stereocenters. The minimum atomic E-state index is -0.760. The van der Waals surface area contributed by atoms with Gasteiger partial charge in [-0.1, -0.05) is 11.6 Å². The number of halogens is 2. The summed E-state index contributed by atoms with van der Waals surface area (Å²) >= 11 is 6.34. The fourth-order valence-electron chi connectivity index (χ4n) is 5.70. The number of hydrogen-bond acceptors (Lipinski definition) is 8. The van der Waals surface area contributed by atoms with Gasteiger partial charge in [0.2, 0.25) is 5.91 Å². The van der Waals surface area contributed by atoms with Gasteiger partial charge in [0, 0.05) is 61.9 Å². The van der Waals surface area contributed by atoms with Gasteiger partial charge in [0.05, 0.1) is 22.8 Å². The Kier molecular flexibility index (Phi) is 8.32. The summed E-state index contributed by atoms with van der Waals surface area (Å²) in [5.41, 5.74) is 3.55. The number of anilines is 2. The quantitative estimate of drug-likeness (QED) is 0.319. The second-order valence-corrected chi connectivity index (χ2v) is 11.1. The molecular weight excluding hydrogens is 587 g/mol. The largest absolute Gasteiger partial charge is 0.476 e. The van der Waals surface area contributed by atoms with E-state index in [1.807, 2.05) is 24.0 Å². The summed E-state index contributed by atoms with van der Waals surface area (Å²) in [6.07, 6.45) is 5.73. The number of ether oxygens (including phenoxy) is 1. The molecule has 2 N–H and O–H groups in total. The fourth-order valence-corrected chi connectivity index (χ4v) is 5.95. The lowest BCUT2D eigenvalue weighted by molar-refractivity contribution is -0.136. The zero-order chi connectivity index (χ0) is 30.8. The van der Waals surface area contributed by atoms with Crippen LogP contribution < -0.4 is 15.4 Å². The minimum absolute atomic E-state index is 0.0386. The van der Waals surface area contributed by atoms with Gasteiger partial charge in [0.15, 0.2) is 29.6 Å².